The summed E-state index contributed by atoms with van der Waals surface area (Å²) in [5, 5.41) is 4.52. The predicted molar refractivity (Wildman–Crippen MR) is 81.1 cm³/mol. The van der Waals surface area contributed by atoms with Crippen LogP contribution in [0.3, 0.4) is 0 Å². The van der Waals surface area contributed by atoms with Crippen LogP contribution in [0.5, 0.6) is 5.75 Å². The zero-order valence-corrected chi connectivity index (χ0v) is 12.9. The third kappa shape index (κ3) is 3.43. The highest BCUT2D eigenvalue weighted by atomic mass is 35.5. The number of ether oxygens (including phenoxy) is 1. The molecule has 1 aliphatic carbocycles. The monoisotopic (exact) mass is 281 g/mol. The molecule has 1 aromatic carbocycles. The fraction of sp³-hybridized carbons (Fsp3) is 0.625. The smallest absolute Gasteiger partial charge is 0.120 e. The molecule has 0 saturated carbocycles. The van der Waals surface area contributed by atoms with Crippen LogP contribution in [0.1, 0.15) is 50.3 Å². The number of methoxy groups -OCH3 is 1. The summed E-state index contributed by atoms with van der Waals surface area (Å²) in [6.07, 6.45) is 4.61. The molecule has 0 radical (unpaired) electrons. The van der Waals surface area contributed by atoms with Crippen molar-refractivity contribution in [3.8, 4) is 5.75 Å². The van der Waals surface area contributed by atoms with Crippen LogP contribution in [0, 0.1) is 5.92 Å². The highest BCUT2D eigenvalue weighted by molar-refractivity contribution is 6.31. The molecule has 0 aliphatic heterocycles. The molecule has 2 nitrogen and oxygen atoms in total. The van der Waals surface area contributed by atoms with Crippen molar-refractivity contribution in [1.29, 1.82) is 0 Å². The van der Waals surface area contributed by atoms with Gasteiger partial charge in [0, 0.05) is 11.1 Å². The molecular formula is C16H24ClNO. The van der Waals surface area contributed by atoms with Gasteiger partial charge in [0.2, 0.25) is 0 Å². The molecule has 1 aliphatic rings. The molecule has 0 fully saturated rings. The number of nitrogens with one attached hydrogen (secondary N) is 1. The lowest BCUT2D eigenvalue weighted by atomic mass is 9.96. The second-order valence-electron chi connectivity index (χ2n) is 5.56. The molecule has 0 saturated heterocycles. The van der Waals surface area contributed by atoms with Crippen LogP contribution in [-0.2, 0) is 6.42 Å². The minimum Gasteiger partial charge on any atom is -0.497 e. The van der Waals surface area contributed by atoms with Crippen molar-refractivity contribution in [2.24, 2.45) is 5.92 Å². The summed E-state index contributed by atoms with van der Waals surface area (Å²) in [5.74, 6) is 1.59. The molecule has 2 atom stereocenters. The summed E-state index contributed by atoms with van der Waals surface area (Å²) in [6, 6.07) is 4.50. The Morgan fingerprint density at radius 2 is 2.21 bits per heavy atom. The highest BCUT2D eigenvalue weighted by Crippen LogP contribution is 2.37. The van der Waals surface area contributed by atoms with Crippen LogP contribution in [-0.4, -0.2) is 13.7 Å². The summed E-state index contributed by atoms with van der Waals surface area (Å²) < 4.78 is 5.37. The van der Waals surface area contributed by atoms with Crippen LogP contribution >= 0.6 is 11.6 Å². The zero-order valence-electron chi connectivity index (χ0n) is 12.1. The number of hydrogen-bond acceptors (Lipinski definition) is 2. The second-order valence-corrected chi connectivity index (χ2v) is 5.97. The van der Waals surface area contributed by atoms with Gasteiger partial charge in [-0.3, -0.25) is 0 Å². The van der Waals surface area contributed by atoms with Crippen molar-refractivity contribution < 1.29 is 4.74 Å². The van der Waals surface area contributed by atoms with Crippen molar-refractivity contribution in [2.75, 3.05) is 13.7 Å². The quantitative estimate of drug-likeness (QED) is 0.828. The van der Waals surface area contributed by atoms with Gasteiger partial charge >= 0.3 is 0 Å². The van der Waals surface area contributed by atoms with Gasteiger partial charge in [-0.25, -0.2) is 0 Å². The Hall–Kier alpha value is -0.730. The van der Waals surface area contributed by atoms with Gasteiger partial charge in [0.25, 0.3) is 0 Å². The number of rotatable bonds is 4. The standard InChI is InChI=1S/C16H24ClNO/c1-4-7-18-16-8-11(2)5-6-13-14(16)9-12(19-3)10-15(13)17/h9-11,16,18H,4-8H2,1-3H3. The van der Waals surface area contributed by atoms with E-state index < -0.39 is 0 Å². The fourth-order valence-electron chi connectivity index (χ4n) is 2.87. The van der Waals surface area contributed by atoms with E-state index in [-0.39, 0.29) is 0 Å². The van der Waals surface area contributed by atoms with E-state index in [4.69, 9.17) is 16.3 Å². The lowest BCUT2D eigenvalue weighted by Crippen LogP contribution is -2.23. The SMILES string of the molecule is CCCNC1CC(C)CCc2c(Cl)cc(OC)cc21. The third-order valence-electron chi connectivity index (χ3n) is 3.98. The fourth-order valence-corrected chi connectivity index (χ4v) is 3.19. The van der Waals surface area contributed by atoms with Gasteiger partial charge in [0.05, 0.1) is 7.11 Å². The first-order valence-electron chi connectivity index (χ1n) is 7.25. The minimum atomic E-state index is 0.403. The topological polar surface area (TPSA) is 21.3 Å². The lowest BCUT2D eigenvalue weighted by Gasteiger charge is -2.22. The molecule has 0 bridgehead atoms. The van der Waals surface area contributed by atoms with Crippen LogP contribution in [0.4, 0.5) is 0 Å². The van der Waals surface area contributed by atoms with E-state index in [1.165, 1.54) is 24.0 Å². The molecule has 0 amide bonds. The van der Waals surface area contributed by atoms with E-state index in [9.17, 15) is 0 Å². The number of halogens is 1. The first-order chi connectivity index (χ1) is 9.15. The number of fused-ring (bicyclic) bond motifs is 1. The molecule has 1 N–H and O–H groups in total. The van der Waals surface area contributed by atoms with Gasteiger partial charge < -0.3 is 10.1 Å². The summed E-state index contributed by atoms with van der Waals surface area (Å²) in [7, 11) is 1.70. The van der Waals surface area contributed by atoms with Crippen LogP contribution < -0.4 is 10.1 Å². The first-order valence-corrected chi connectivity index (χ1v) is 7.63. The maximum atomic E-state index is 6.44. The maximum absolute atomic E-state index is 6.44. The van der Waals surface area contributed by atoms with Crippen molar-refractivity contribution in [1.82, 2.24) is 5.32 Å². The number of benzene rings is 1. The van der Waals surface area contributed by atoms with E-state index in [2.05, 4.69) is 25.2 Å². The molecule has 1 aromatic rings. The van der Waals surface area contributed by atoms with Crippen LogP contribution in [0.15, 0.2) is 12.1 Å². The summed E-state index contributed by atoms with van der Waals surface area (Å²) in [4.78, 5) is 0. The normalized spacial score (nSPS) is 22.7. The summed E-state index contributed by atoms with van der Waals surface area (Å²) in [5.41, 5.74) is 2.64. The molecule has 0 spiro atoms. The second kappa shape index (κ2) is 6.62. The molecular weight excluding hydrogens is 258 g/mol. The Bertz CT molecular complexity index is 433. The van der Waals surface area contributed by atoms with E-state index in [0.717, 1.165) is 36.1 Å². The van der Waals surface area contributed by atoms with Gasteiger partial charge in [-0.1, -0.05) is 25.4 Å². The zero-order chi connectivity index (χ0) is 13.8. The molecule has 0 heterocycles. The van der Waals surface area contributed by atoms with Crippen LogP contribution in [0.25, 0.3) is 0 Å². The Labute approximate surface area is 121 Å². The minimum absolute atomic E-state index is 0.403. The lowest BCUT2D eigenvalue weighted by molar-refractivity contribution is 0.401. The van der Waals surface area contributed by atoms with Crippen molar-refractivity contribution >= 4 is 11.6 Å². The molecule has 2 rings (SSSR count). The molecule has 106 valence electrons. The van der Waals surface area contributed by atoms with Gasteiger partial charge in [-0.2, -0.15) is 0 Å². The van der Waals surface area contributed by atoms with Crippen LogP contribution in [0.2, 0.25) is 5.02 Å². The van der Waals surface area contributed by atoms with E-state index in [0.29, 0.717) is 6.04 Å². The van der Waals surface area contributed by atoms with Gasteiger partial charge in [0.15, 0.2) is 0 Å². The van der Waals surface area contributed by atoms with Gasteiger partial charge in [-0.05, 0) is 61.4 Å². The first kappa shape index (κ1) is 14.7. The number of hydrogen-bond donors (Lipinski definition) is 1. The Kier molecular flexibility index (Phi) is 5.12. The molecule has 3 heteroatoms. The van der Waals surface area contributed by atoms with Gasteiger partial charge in [-0.15, -0.1) is 0 Å². The highest BCUT2D eigenvalue weighted by Gasteiger charge is 2.24. The Morgan fingerprint density at radius 1 is 1.42 bits per heavy atom. The van der Waals surface area contributed by atoms with Gasteiger partial charge in [0.1, 0.15) is 5.75 Å². The van der Waals surface area contributed by atoms with E-state index in [1.807, 2.05) is 6.07 Å². The predicted octanol–water partition coefficient (Wildman–Crippen LogP) is 4.36. The van der Waals surface area contributed by atoms with Crippen molar-refractivity contribution in [3.05, 3.63) is 28.3 Å². The van der Waals surface area contributed by atoms with Crippen molar-refractivity contribution in [2.45, 2.75) is 45.6 Å². The Balaban J connectivity index is 2.38. The average molecular weight is 282 g/mol. The van der Waals surface area contributed by atoms with E-state index >= 15 is 0 Å². The summed E-state index contributed by atoms with van der Waals surface area (Å²) in [6.45, 7) is 5.58. The maximum Gasteiger partial charge on any atom is 0.120 e. The van der Waals surface area contributed by atoms with E-state index in [1.54, 1.807) is 7.11 Å². The largest absolute Gasteiger partial charge is 0.497 e. The molecule has 19 heavy (non-hydrogen) atoms. The molecule has 2 unspecified atom stereocenters. The van der Waals surface area contributed by atoms with Crippen molar-refractivity contribution in [3.63, 3.8) is 0 Å². The Morgan fingerprint density at radius 3 is 2.89 bits per heavy atom. The molecule has 0 aromatic heterocycles. The summed E-state index contributed by atoms with van der Waals surface area (Å²) >= 11 is 6.44. The third-order valence-corrected chi connectivity index (χ3v) is 4.32. The average Bonchev–Trinajstić information content (AvgIpc) is 2.56.